The van der Waals surface area contributed by atoms with Gasteiger partial charge in [-0.2, -0.15) is 0 Å². The molecule has 32 heavy (non-hydrogen) atoms. The topological polar surface area (TPSA) is 95.6 Å². The molecule has 2 aromatic rings. The zero-order valence-corrected chi connectivity index (χ0v) is 18.1. The lowest BCUT2D eigenvalue weighted by Crippen LogP contribution is -2.48. The lowest BCUT2D eigenvalue weighted by atomic mass is 10.0. The predicted molar refractivity (Wildman–Crippen MR) is 119 cm³/mol. The molecule has 1 atom stereocenters. The zero-order chi connectivity index (χ0) is 22.7. The second kappa shape index (κ2) is 9.34. The summed E-state index contributed by atoms with van der Waals surface area (Å²) in [7, 11) is 0. The van der Waals surface area contributed by atoms with Crippen LogP contribution >= 0.6 is 0 Å². The van der Waals surface area contributed by atoms with Gasteiger partial charge in [0.1, 0.15) is 6.04 Å². The summed E-state index contributed by atoms with van der Waals surface area (Å²) in [5.74, 6) is -1.10. The van der Waals surface area contributed by atoms with E-state index in [2.05, 4.69) is 10.6 Å². The number of nitrogens with zero attached hydrogens (tertiary/aromatic N) is 1. The minimum Gasteiger partial charge on any atom is -0.352 e. The minimum atomic E-state index is -0.659. The van der Waals surface area contributed by atoms with Crippen molar-refractivity contribution in [3.8, 4) is 0 Å². The quantitative estimate of drug-likeness (QED) is 0.594. The van der Waals surface area contributed by atoms with E-state index in [0.717, 1.165) is 24.0 Å². The summed E-state index contributed by atoms with van der Waals surface area (Å²) in [6, 6.07) is 14.3. The molecule has 1 aliphatic carbocycles. The fraction of sp³-hybridized carbons (Fsp3) is 0.360. The number of hydrogen-bond donors (Lipinski definition) is 2. The maximum absolute atomic E-state index is 12.6. The number of rotatable bonds is 9. The van der Waals surface area contributed by atoms with E-state index in [0.29, 0.717) is 24.0 Å². The van der Waals surface area contributed by atoms with Crippen LogP contribution in [0.25, 0.3) is 0 Å². The third-order valence-electron chi connectivity index (χ3n) is 5.77. The zero-order valence-electron chi connectivity index (χ0n) is 18.1. The molecule has 0 radical (unpaired) electrons. The molecule has 2 aliphatic rings. The Bertz CT molecular complexity index is 1050. The lowest BCUT2D eigenvalue weighted by molar-refractivity contribution is -0.129. The highest BCUT2D eigenvalue weighted by Gasteiger charge is 2.35. The van der Waals surface area contributed by atoms with Gasteiger partial charge in [-0.25, -0.2) is 0 Å². The molecule has 4 amide bonds. The van der Waals surface area contributed by atoms with Crippen molar-refractivity contribution in [3.63, 3.8) is 0 Å². The molecule has 0 bridgehead atoms. The third-order valence-corrected chi connectivity index (χ3v) is 5.77. The summed E-state index contributed by atoms with van der Waals surface area (Å²) in [6.45, 7) is 2.03. The summed E-state index contributed by atoms with van der Waals surface area (Å²) in [5, 5.41) is 5.79. The fourth-order valence-corrected chi connectivity index (χ4v) is 3.86. The second-order valence-corrected chi connectivity index (χ2v) is 8.51. The molecule has 0 spiro atoms. The van der Waals surface area contributed by atoms with Crippen LogP contribution in [0.2, 0.25) is 0 Å². The van der Waals surface area contributed by atoms with Crippen LogP contribution < -0.4 is 10.6 Å². The van der Waals surface area contributed by atoms with Gasteiger partial charge in [0.2, 0.25) is 11.8 Å². The molecule has 1 heterocycles. The number of nitrogens with one attached hydrogen (secondary N) is 2. The van der Waals surface area contributed by atoms with Crippen molar-refractivity contribution < 1.29 is 19.2 Å². The molecule has 0 saturated heterocycles. The van der Waals surface area contributed by atoms with Crippen molar-refractivity contribution in [1.82, 2.24) is 15.5 Å². The van der Waals surface area contributed by atoms with Crippen LogP contribution in [0.4, 0.5) is 0 Å². The van der Waals surface area contributed by atoms with Gasteiger partial charge >= 0.3 is 0 Å². The fourth-order valence-electron chi connectivity index (χ4n) is 3.86. The van der Waals surface area contributed by atoms with Crippen molar-refractivity contribution in [2.75, 3.05) is 6.54 Å². The van der Waals surface area contributed by atoms with Crippen molar-refractivity contribution in [1.29, 1.82) is 0 Å². The highest BCUT2D eigenvalue weighted by Crippen LogP contribution is 2.24. The smallest absolute Gasteiger partial charge is 0.261 e. The van der Waals surface area contributed by atoms with Crippen LogP contribution in [-0.2, 0) is 16.0 Å². The minimum absolute atomic E-state index is 0.119. The SMILES string of the molecule is Cc1ccc2c(c1)C(=O)N(CCCC(=O)NC(Cc1ccccc1)C(=O)NC1CC1)C2=O. The monoisotopic (exact) mass is 433 g/mol. The summed E-state index contributed by atoms with van der Waals surface area (Å²) < 4.78 is 0. The number of imide groups is 1. The van der Waals surface area contributed by atoms with Gasteiger partial charge < -0.3 is 10.6 Å². The Balaban J connectivity index is 1.31. The van der Waals surface area contributed by atoms with Gasteiger partial charge in [0.25, 0.3) is 11.8 Å². The first-order chi connectivity index (χ1) is 15.4. The van der Waals surface area contributed by atoms with Crippen LogP contribution in [0.5, 0.6) is 0 Å². The van der Waals surface area contributed by atoms with Crippen LogP contribution in [0, 0.1) is 6.92 Å². The number of fused-ring (bicyclic) bond motifs is 1. The summed E-state index contributed by atoms with van der Waals surface area (Å²) >= 11 is 0. The van der Waals surface area contributed by atoms with E-state index in [4.69, 9.17) is 0 Å². The number of aryl methyl sites for hydroxylation is 1. The van der Waals surface area contributed by atoms with E-state index >= 15 is 0 Å². The second-order valence-electron chi connectivity index (χ2n) is 8.51. The molecule has 7 nitrogen and oxygen atoms in total. The Hall–Kier alpha value is -3.48. The molecule has 1 unspecified atom stereocenters. The Morgan fingerprint density at radius 2 is 1.75 bits per heavy atom. The molecular formula is C25H27N3O4. The summed E-state index contributed by atoms with van der Waals surface area (Å²) in [6.07, 6.45) is 2.80. The highest BCUT2D eigenvalue weighted by molar-refractivity contribution is 6.21. The Morgan fingerprint density at radius 1 is 1.03 bits per heavy atom. The molecule has 2 aromatic carbocycles. The van der Waals surface area contributed by atoms with E-state index in [-0.39, 0.29) is 42.6 Å². The Labute approximate surface area is 187 Å². The number of carbonyl (C=O) groups is 4. The number of amides is 4. The average molecular weight is 434 g/mol. The molecule has 2 N–H and O–H groups in total. The van der Waals surface area contributed by atoms with Crippen molar-refractivity contribution in [3.05, 3.63) is 70.8 Å². The van der Waals surface area contributed by atoms with Gasteiger partial charge in [0.15, 0.2) is 0 Å². The van der Waals surface area contributed by atoms with Crippen LogP contribution in [0.1, 0.15) is 57.5 Å². The van der Waals surface area contributed by atoms with Gasteiger partial charge in [-0.05, 0) is 43.9 Å². The first-order valence-electron chi connectivity index (χ1n) is 11.0. The normalized spacial score (nSPS) is 16.0. The van der Waals surface area contributed by atoms with E-state index in [9.17, 15) is 19.2 Å². The van der Waals surface area contributed by atoms with Crippen LogP contribution in [0.3, 0.4) is 0 Å². The molecule has 1 fully saturated rings. The molecule has 7 heteroatoms. The van der Waals surface area contributed by atoms with E-state index in [1.54, 1.807) is 18.2 Å². The van der Waals surface area contributed by atoms with Gasteiger partial charge in [-0.3, -0.25) is 24.1 Å². The number of benzene rings is 2. The van der Waals surface area contributed by atoms with E-state index < -0.39 is 6.04 Å². The molecular weight excluding hydrogens is 406 g/mol. The van der Waals surface area contributed by atoms with Gasteiger partial charge in [-0.1, -0.05) is 42.0 Å². The molecule has 166 valence electrons. The average Bonchev–Trinajstić information content (AvgIpc) is 3.56. The summed E-state index contributed by atoms with van der Waals surface area (Å²) in [4.78, 5) is 51.5. The molecule has 1 aliphatic heterocycles. The maximum Gasteiger partial charge on any atom is 0.261 e. The first kappa shape index (κ1) is 21.7. The van der Waals surface area contributed by atoms with Gasteiger partial charge in [0.05, 0.1) is 11.1 Å². The largest absolute Gasteiger partial charge is 0.352 e. The molecule has 4 rings (SSSR count). The van der Waals surface area contributed by atoms with Crippen molar-refractivity contribution in [2.45, 2.75) is 51.1 Å². The number of hydrogen-bond acceptors (Lipinski definition) is 4. The lowest BCUT2D eigenvalue weighted by Gasteiger charge is -2.19. The predicted octanol–water partition coefficient (Wildman–Crippen LogP) is 2.38. The Kier molecular flexibility index (Phi) is 6.35. The highest BCUT2D eigenvalue weighted by atomic mass is 16.2. The van der Waals surface area contributed by atoms with E-state index in [1.165, 1.54) is 4.90 Å². The standard InChI is InChI=1S/C25H27N3O4/c1-16-9-12-19-20(14-16)25(32)28(24(19)31)13-5-8-22(29)27-21(23(30)26-18-10-11-18)15-17-6-3-2-4-7-17/h2-4,6-7,9,12,14,18,21H,5,8,10-11,13,15H2,1H3,(H,26,30)(H,27,29). The van der Waals surface area contributed by atoms with Crippen LogP contribution in [-0.4, -0.2) is 47.2 Å². The van der Waals surface area contributed by atoms with Crippen molar-refractivity contribution >= 4 is 23.6 Å². The summed E-state index contributed by atoms with van der Waals surface area (Å²) in [5.41, 5.74) is 2.70. The Morgan fingerprint density at radius 3 is 2.47 bits per heavy atom. The van der Waals surface area contributed by atoms with Crippen LogP contribution in [0.15, 0.2) is 48.5 Å². The molecule has 0 aromatic heterocycles. The number of carbonyl (C=O) groups excluding carboxylic acids is 4. The van der Waals surface area contributed by atoms with Gasteiger partial charge in [0, 0.05) is 25.4 Å². The van der Waals surface area contributed by atoms with Crippen molar-refractivity contribution in [2.24, 2.45) is 0 Å². The first-order valence-corrected chi connectivity index (χ1v) is 11.0. The van der Waals surface area contributed by atoms with Gasteiger partial charge in [-0.15, -0.1) is 0 Å². The third kappa shape index (κ3) is 5.04. The van der Waals surface area contributed by atoms with E-state index in [1.807, 2.05) is 37.3 Å². The maximum atomic E-state index is 12.6. The molecule has 1 saturated carbocycles.